The molecule has 0 fully saturated rings. The fourth-order valence-electron chi connectivity index (χ4n) is 2.44. The minimum atomic E-state index is -0.804. The molecule has 0 bridgehead atoms. The average Bonchev–Trinajstić information content (AvgIpc) is 2.70. The highest BCUT2D eigenvalue weighted by Crippen LogP contribution is 2.16. The molecule has 2 atom stereocenters. The van der Waals surface area contributed by atoms with Crippen LogP contribution in [0.15, 0.2) is 48.5 Å². The molecule has 1 amide bonds. The van der Waals surface area contributed by atoms with Gasteiger partial charge in [-0.05, 0) is 42.3 Å². The second kappa shape index (κ2) is 10.7. The van der Waals surface area contributed by atoms with E-state index < -0.39 is 17.8 Å². The largest absolute Gasteiger partial charge is 0.487 e. The van der Waals surface area contributed by atoms with Crippen LogP contribution in [0.4, 0.5) is 4.39 Å². The SMILES string of the molecule is CC[C@H](C)[C@H](NC(=O)c1ccc(Cl)cc1)C(=O)OCCOc1ccccc1F. The van der Waals surface area contributed by atoms with E-state index in [1.807, 2.05) is 13.8 Å². The van der Waals surface area contributed by atoms with E-state index in [4.69, 9.17) is 21.1 Å². The highest BCUT2D eigenvalue weighted by molar-refractivity contribution is 6.30. The molecule has 28 heavy (non-hydrogen) atoms. The first kappa shape index (κ1) is 21.7. The molecule has 0 heterocycles. The number of carbonyl (C=O) groups is 2. The molecule has 5 nitrogen and oxygen atoms in total. The van der Waals surface area contributed by atoms with Crippen LogP contribution in [0.25, 0.3) is 0 Å². The summed E-state index contributed by atoms with van der Waals surface area (Å²) >= 11 is 5.83. The van der Waals surface area contributed by atoms with Crippen molar-refractivity contribution in [3.05, 3.63) is 64.9 Å². The van der Waals surface area contributed by atoms with Gasteiger partial charge in [-0.3, -0.25) is 4.79 Å². The van der Waals surface area contributed by atoms with Gasteiger partial charge in [-0.2, -0.15) is 0 Å². The van der Waals surface area contributed by atoms with Crippen LogP contribution >= 0.6 is 11.6 Å². The van der Waals surface area contributed by atoms with E-state index in [0.717, 1.165) is 0 Å². The van der Waals surface area contributed by atoms with Gasteiger partial charge in [-0.15, -0.1) is 0 Å². The number of amides is 1. The van der Waals surface area contributed by atoms with Crippen molar-refractivity contribution >= 4 is 23.5 Å². The number of ether oxygens (including phenoxy) is 2. The third-order valence-electron chi connectivity index (χ3n) is 4.28. The lowest BCUT2D eigenvalue weighted by Gasteiger charge is -2.22. The second-order valence-electron chi connectivity index (χ2n) is 6.29. The number of rotatable bonds is 9. The van der Waals surface area contributed by atoms with Gasteiger partial charge in [-0.1, -0.05) is 44.0 Å². The van der Waals surface area contributed by atoms with Crippen LogP contribution in [-0.4, -0.2) is 31.1 Å². The molecular formula is C21H23ClFNO4. The van der Waals surface area contributed by atoms with Gasteiger partial charge in [0.15, 0.2) is 11.6 Å². The van der Waals surface area contributed by atoms with Crippen molar-refractivity contribution in [3.8, 4) is 5.75 Å². The number of para-hydroxylation sites is 1. The van der Waals surface area contributed by atoms with Crippen LogP contribution < -0.4 is 10.1 Å². The van der Waals surface area contributed by atoms with E-state index in [1.165, 1.54) is 12.1 Å². The summed E-state index contributed by atoms with van der Waals surface area (Å²) in [5, 5.41) is 3.23. The first-order chi connectivity index (χ1) is 13.4. The van der Waals surface area contributed by atoms with Crippen molar-refractivity contribution in [2.75, 3.05) is 13.2 Å². The number of esters is 1. The first-order valence-electron chi connectivity index (χ1n) is 9.02. The van der Waals surface area contributed by atoms with Crippen molar-refractivity contribution < 1.29 is 23.5 Å². The summed E-state index contributed by atoms with van der Waals surface area (Å²) in [4.78, 5) is 24.9. The Kier molecular flexibility index (Phi) is 8.26. The molecule has 0 aliphatic heterocycles. The van der Waals surface area contributed by atoms with Gasteiger partial charge < -0.3 is 14.8 Å². The van der Waals surface area contributed by atoms with Crippen molar-refractivity contribution in [3.63, 3.8) is 0 Å². The van der Waals surface area contributed by atoms with E-state index >= 15 is 0 Å². The van der Waals surface area contributed by atoms with Crippen molar-refractivity contribution in [2.45, 2.75) is 26.3 Å². The van der Waals surface area contributed by atoms with Crippen LogP contribution in [0.1, 0.15) is 30.6 Å². The quantitative estimate of drug-likeness (QED) is 0.498. The topological polar surface area (TPSA) is 64.6 Å². The Balaban J connectivity index is 1.90. The Morgan fingerprint density at radius 1 is 1.11 bits per heavy atom. The molecule has 2 aromatic carbocycles. The Labute approximate surface area is 168 Å². The van der Waals surface area contributed by atoms with E-state index in [9.17, 15) is 14.0 Å². The summed E-state index contributed by atoms with van der Waals surface area (Å²) in [5.74, 6) is -1.47. The van der Waals surface area contributed by atoms with Crippen molar-refractivity contribution in [1.82, 2.24) is 5.32 Å². The van der Waals surface area contributed by atoms with Gasteiger partial charge >= 0.3 is 5.97 Å². The molecule has 2 aromatic rings. The lowest BCUT2D eigenvalue weighted by molar-refractivity contribution is -0.148. The lowest BCUT2D eigenvalue weighted by Crippen LogP contribution is -2.46. The summed E-state index contributed by atoms with van der Waals surface area (Å²) in [5.41, 5.74) is 0.397. The number of hydrogen-bond donors (Lipinski definition) is 1. The predicted octanol–water partition coefficient (Wildman–Crippen LogP) is 4.25. The number of benzene rings is 2. The summed E-state index contributed by atoms with van der Waals surface area (Å²) in [6.07, 6.45) is 0.673. The van der Waals surface area contributed by atoms with E-state index in [-0.39, 0.29) is 30.8 Å². The smallest absolute Gasteiger partial charge is 0.329 e. The molecule has 0 aliphatic rings. The fourth-order valence-corrected chi connectivity index (χ4v) is 2.57. The van der Waals surface area contributed by atoms with E-state index in [0.29, 0.717) is 17.0 Å². The minimum absolute atomic E-state index is 0.00499. The fraction of sp³-hybridized carbons (Fsp3) is 0.333. The first-order valence-corrected chi connectivity index (χ1v) is 9.40. The van der Waals surface area contributed by atoms with Crippen LogP contribution in [0.5, 0.6) is 5.75 Å². The molecule has 150 valence electrons. The molecule has 1 N–H and O–H groups in total. The van der Waals surface area contributed by atoms with Crippen molar-refractivity contribution in [1.29, 1.82) is 0 Å². The Morgan fingerprint density at radius 3 is 2.43 bits per heavy atom. The van der Waals surface area contributed by atoms with Crippen LogP contribution in [0.2, 0.25) is 5.02 Å². The molecule has 7 heteroatoms. The highest BCUT2D eigenvalue weighted by atomic mass is 35.5. The maximum Gasteiger partial charge on any atom is 0.329 e. The zero-order chi connectivity index (χ0) is 20.5. The second-order valence-corrected chi connectivity index (χ2v) is 6.73. The maximum absolute atomic E-state index is 13.5. The molecule has 0 saturated heterocycles. The Bertz CT molecular complexity index is 797. The number of carbonyl (C=O) groups excluding carboxylic acids is 2. The Hall–Kier alpha value is -2.60. The zero-order valence-electron chi connectivity index (χ0n) is 15.8. The number of nitrogens with one attached hydrogen (secondary N) is 1. The lowest BCUT2D eigenvalue weighted by atomic mass is 9.99. The molecular weight excluding hydrogens is 385 g/mol. The van der Waals surface area contributed by atoms with Crippen LogP contribution in [0.3, 0.4) is 0 Å². The van der Waals surface area contributed by atoms with Gasteiger partial charge in [0.1, 0.15) is 19.3 Å². The summed E-state index contributed by atoms with van der Waals surface area (Å²) in [6, 6.07) is 11.6. The average molecular weight is 408 g/mol. The molecule has 0 saturated carbocycles. The van der Waals surface area contributed by atoms with Crippen molar-refractivity contribution in [2.24, 2.45) is 5.92 Å². The molecule has 2 rings (SSSR count). The summed E-state index contributed by atoms with van der Waals surface area (Å²) in [7, 11) is 0. The Morgan fingerprint density at radius 2 is 1.79 bits per heavy atom. The van der Waals surface area contributed by atoms with Gasteiger partial charge in [0.2, 0.25) is 0 Å². The van der Waals surface area contributed by atoms with E-state index in [1.54, 1.807) is 36.4 Å². The maximum atomic E-state index is 13.5. The third-order valence-corrected chi connectivity index (χ3v) is 4.53. The number of hydrogen-bond acceptors (Lipinski definition) is 4. The van der Waals surface area contributed by atoms with Crippen LogP contribution in [-0.2, 0) is 9.53 Å². The molecule has 0 aliphatic carbocycles. The molecule has 0 spiro atoms. The monoisotopic (exact) mass is 407 g/mol. The summed E-state index contributed by atoms with van der Waals surface area (Å²) < 4.78 is 24.0. The van der Waals surface area contributed by atoms with Crippen LogP contribution in [0, 0.1) is 11.7 Å². The zero-order valence-corrected chi connectivity index (χ0v) is 16.5. The number of halogens is 2. The van der Waals surface area contributed by atoms with Gasteiger partial charge in [-0.25, -0.2) is 9.18 Å². The van der Waals surface area contributed by atoms with Gasteiger partial charge in [0, 0.05) is 10.6 Å². The summed E-state index contributed by atoms with van der Waals surface area (Å²) in [6.45, 7) is 3.71. The standard InChI is InChI=1S/C21H23ClFNO4/c1-3-14(2)19(24-20(25)15-8-10-16(22)11-9-15)21(26)28-13-12-27-18-7-5-4-6-17(18)23/h4-11,14,19H,3,12-13H2,1-2H3,(H,24,25)/t14-,19-/m0/s1. The van der Waals surface area contributed by atoms with E-state index in [2.05, 4.69) is 5.32 Å². The molecule has 0 unspecified atom stereocenters. The van der Waals surface area contributed by atoms with Gasteiger partial charge in [0.05, 0.1) is 0 Å². The molecule has 0 aromatic heterocycles. The van der Waals surface area contributed by atoms with Gasteiger partial charge in [0.25, 0.3) is 5.91 Å². The molecule has 0 radical (unpaired) electrons. The normalized spacial score (nSPS) is 12.7. The third kappa shape index (κ3) is 6.23. The highest BCUT2D eigenvalue weighted by Gasteiger charge is 2.27. The predicted molar refractivity (Wildman–Crippen MR) is 105 cm³/mol. The minimum Gasteiger partial charge on any atom is -0.487 e.